The van der Waals surface area contributed by atoms with Gasteiger partial charge in [0.1, 0.15) is 0 Å². The Bertz CT molecular complexity index is 619. The van der Waals surface area contributed by atoms with Gasteiger partial charge in [0.25, 0.3) is 0 Å². The van der Waals surface area contributed by atoms with Crippen molar-refractivity contribution in [3.8, 4) is 0 Å². The number of rotatable bonds is 3. The molecule has 0 atom stereocenters. The molecule has 1 aromatic heterocycles. The van der Waals surface area contributed by atoms with Crippen LogP contribution in [0.5, 0.6) is 0 Å². The summed E-state index contributed by atoms with van der Waals surface area (Å²) in [4.78, 5) is 22.9. The van der Waals surface area contributed by atoms with Gasteiger partial charge in [-0.2, -0.15) is 5.10 Å². The van der Waals surface area contributed by atoms with E-state index in [1.54, 1.807) is 30.3 Å². The van der Waals surface area contributed by atoms with Gasteiger partial charge in [0, 0.05) is 23.0 Å². The third-order valence-corrected chi connectivity index (χ3v) is 2.47. The zero-order chi connectivity index (χ0) is 13.8. The molecule has 0 radical (unpaired) electrons. The largest absolute Gasteiger partial charge is 0.324 e. The molecule has 0 unspecified atom stereocenters. The van der Waals surface area contributed by atoms with Crippen LogP contribution in [0.15, 0.2) is 30.3 Å². The molecular weight excluding hydrogens is 244 g/mol. The number of carbonyl (C=O) groups is 2. The number of aryl methyl sites for hydroxylation is 1. The number of anilines is 2. The standard InChI is InChI=1S/C13H14N4O2/c1-8-6-12(17-16-8)15-13(19)14-11-5-3-4-10(7-11)9(2)18/h3-7H,1-2H3,(H3,14,15,16,17,19). The molecule has 19 heavy (non-hydrogen) atoms. The molecule has 2 rings (SSSR count). The summed E-state index contributed by atoms with van der Waals surface area (Å²) in [6.45, 7) is 3.32. The summed E-state index contributed by atoms with van der Waals surface area (Å²) in [7, 11) is 0. The topological polar surface area (TPSA) is 86.9 Å². The second-order valence-corrected chi connectivity index (χ2v) is 4.15. The molecule has 0 saturated carbocycles. The number of ketones is 1. The minimum absolute atomic E-state index is 0.0491. The number of H-pyrrole nitrogens is 1. The SMILES string of the molecule is CC(=O)c1cccc(NC(=O)Nc2cc(C)[nH]n2)c1. The van der Waals surface area contributed by atoms with Crippen molar-refractivity contribution in [2.24, 2.45) is 0 Å². The lowest BCUT2D eigenvalue weighted by atomic mass is 10.1. The number of aromatic nitrogens is 2. The number of nitrogens with zero attached hydrogens (tertiary/aromatic N) is 1. The molecule has 6 heteroatoms. The van der Waals surface area contributed by atoms with Gasteiger partial charge in [-0.25, -0.2) is 4.79 Å². The fourth-order valence-electron chi connectivity index (χ4n) is 1.58. The van der Waals surface area contributed by atoms with Crippen LogP contribution in [0.3, 0.4) is 0 Å². The van der Waals surface area contributed by atoms with E-state index >= 15 is 0 Å². The maximum atomic E-state index is 11.7. The number of Topliss-reactive ketones (excluding diaryl/α,β-unsaturated/α-hetero) is 1. The van der Waals surface area contributed by atoms with Crippen LogP contribution in [-0.2, 0) is 0 Å². The summed E-state index contributed by atoms with van der Waals surface area (Å²) in [5.74, 6) is 0.393. The minimum Gasteiger partial charge on any atom is -0.308 e. The first kappa shape index (κ1) is 12.8. The van der Waals surface area contributed by atoms with Gasteiger partial charge in [-0.1, -0.05) is 12.1 Å². The van der Waals surface area contributed by atoms with E-state index in [9.17, 15) is 9.59 Å². The van der Waals surface area contributed by atoms with E-state index in [0.717, 1.165) is 5.69 Å². The van der Waals surface area contributed by atoms with E-state index in [4.69, 9.17) is 0 Å². The van der Waals surface area contributed by atoms with E-state index in [1.807, 2.05) is 6.92 Å². The second kappa shape index (κ2) is 5.34. The summed E-state index contributed by atoms with van der Waals surface area (Å²) >= 11 is 0. The van der Waals surface area contributed by atoms with Crippen molar-refractivity contribution in [1.29, 1.82) is 0 Å². The number of amides is 2. The van der Waals surface area contributed by atoms with Crippen LogP contribution in [0, 0.1) is 6.92 Å². The summed E-state index contributed by atoms with van der Waals surface area (Å²) < 4.78 is 0. The Morgan fingerprint density at radius 2 is 2.00 bits per heavy atom. The maximum absolute atomic E-state index is 11.7. The maximum Gasteiger partial charge on any atom is 0.324 e. The Morgan fingerprint density at radius 1 is 1.21 bits per heavy atom. The monoisotopic (exact) mass is 258 g/mol. The lowest BCUT2D eigenvalue weighted by Gasteiger charge is -2.06. The van der Waals surface area contributed by atoms with Crippen LogP contribution >= 0.6 is 0 Å². The summed E-state index contributed by atoms with van der Waals surface area (Å²) in [5, 5.41) is 11.8. The van der Waals surface area contributed by atoms with Crippen molar-refractivity contribution in [2.45, 2.75) is 13.8 Å². The van der Waals surface area contributed by atoms with Crippen molar-refractivity contribution in [3.63, 3.8) is 0 Å². The van der Waals surface area contributed by atoms with Crippen molar-refractivity contribution < 1.29 is 9.59 Å². The molecule has 2 amide bonds. The van der Waals surface area contributed by atoms with E-state index in [-0.39, 0.29) is 5.78 Å². The first-order valence-corrected chi connectivity index (χ1v) is 5.75. The van der Waals surface area contributed by atoms with Gasteiger partial charge in [-0.3, -0.25) is 15.2 Å². The van der Waals surface area contributed by atoms with Gasteiger partial charge in [0.2, 0.25) is 0 Å². The number of hydrogen-bond donors (Lipinski definition) is 3. The molecule has 1 heterocycles. The molecule has 0 saturated heterocycles. The predicted octanol–water partition coefficient (Wildman–Crippen LogP) is 2.56. The van der Waals surface area contributed by atoms with Crippen molar-refractivity contribution in [2.75, 3.05) is 10.6 Å². The fraction of sp³-hybridized carbons (Fsp3) is 0.154. The normalized spacial score (nSPS) is 10.0. The molecule has 0 bridgehead atoms. The van der Waals surface area contributed by atoms with Crippen LogP contribution in [-0.4, -0.2) is 22.0 Å². The first-order chi connectivity index (χ1) is 9.04. The summed E-state index contributed by atoms with van der Waals surface area (Å²) in [6, 6.07) is 8.05. The summed E-state index contributed by atoms with van der Waals surface area (Å²) in [6.07, 6.45) is 0. The third kappa shape index (κ3) is 3.41. The Labute approximate surface area is 110 Å². The van der Waals surface area contributed by atoms with Gasteiger partial charge in [-0.05, 0) is 26.0 Å². The molecule has 0 aliphatic carbocycles. The molecule has 1 aromatic carbocycles. The molecule has 98 valence electrons. The molecule has 0 fully saturated rings. The van der Waals surface area contributed by atoms with Gasteiger partial charge in [0.15, 0.2) is 11.6 Å². The average molecular weight is 258 g/mol. The lowest BCUT2D eigenvalue weighted by Crippen LogP contribution is -2.19. The molecular formula is C13H14N4O2. The lowest BCUT2D eigenvalue weighted by molar-refractivity contribution is 0.101. The molecule has 0 aliphatic heterocycles. The Morgan fingerprint density at radius 3 is 2.63 bits per heavy atom. The smallest absolute Gasteiger partial charge is 0.308 e. The summed E-state index contributed by atoms with van der Waals surface area (Å²) in [5.41, 5.74) is 1.96. The van der Waals surface area contributed by atoms with Gasteiger partial charge >= 0.3 is 6.03 Å². The van der Waals surface area contributed by atoms with Gasteiger partial charge in [-0.15, -0.1) is 0 Å². The number of aromatic amines is 1. The highest BCUT2D eigenvalue weighted by Gasteiger charge is 2.06. The van der Waals surface area contributed by atoms with E-state index < -0.39 is 6.03 Å². The van der Waals surface area contributed by atoms with Gasteiger partial charge < -0.3 is 5.32 Å². The highest BCUT2D eigenvalue weighted by atomic mass is 16.2. The third-order valence-electron chi connectivity index (χ3n) is 2.47. The van der Waals surface area contributed by atoms with Crippen LogP contribution in [0.4, 0.5) is 16.3 Å². The highest BCUT2D eigenvalue weighted by molar-refractivity contribution is 6.00. The number of nitrogens with one attached hydrogen (secondary N) is 3. The Hall–Kier alpha value is -2.63. The predicted molar refractivity (Wildman–Crippen MR) is 72.4 cm³/mol. The van der Waals surface area contributed by atoms with E-state index in [0.29, 0.717) is 17.1 Å². The van der Waals surface area contributed by atoms with Crippen LogP contribution < -0.4 is 10.6 Å². The number of urea groups is 1. The zero-order valence-corrected chi connectivity index (χ0v) is 10.7. The Balaban J connectivity index is 2.02. The zero-order valence-electron chi connectivity index (χ0n) is 10.7. The fourth-order valence-corrected chi connectivity index (χ4v) is 1.58. The number of carbonyl (C=O) groups excluding carboxylic acids is 2. The highest BCUT2D eigenvalue weighted by Crippen LogP contribution is 2.12. The molecule has 6 nitrogen and oxygen atoms in total. The van der Waals surface area contributed by atoms with Crippen LogP contribution in [0.2, 0.25) is 0 Å². The Kier molecular flexibility index (Phi) is 3.61. The van der Waals surface area contributed by atoms with Crippen molar-refractivity contribution >= 4 is 23.3 Å². The van der Waals surface area contributed by atoms with Crippen LogP contribution in [0.1, 0.15) is 23.0 Å². The minimum atomic E-state index is -0.410. The van der Waals surface area contributed by atoms with E-state index in [2.05, 4.69) is 20.8 Å². The molecule has 3 N–H and O–H groups in total. The second-order valence-electron chi connectivity index (χ2n) is 4.15. The van der Waals surface area contributed by atoms with E-state index in [1.165, 1.54) is 6.92 Å². The number of benzene rings is 1. The molecule has 0 spiro atoms. The van der Waals surface area contributed by atoms with Crippen molar-refractivity contribution in [1.82, 2.24) is 10.2 Å². The average Bonchev–Trinajstić information content (AvgIpc) is 2.74. The number of hydrogen-bond acceptors (Lipinski definition) is 3. The molecule has 0 aliphatic rings. The first-order valence-electron chi connectivity index (χ1n) is 5.75. The van der Waals surface area contributed by atoms with Gasteiger partial charge in [0.05, 0.1) is 0 Å². The molecule has 2 aromatic rings. The van der Waals surface area contributed by atoms with Crippen LogP contribution in [0.25, 0.3) is 0 Å². The van der Waals surface area contributed by atoms with Crippen molar-refractivity contribution in [3.05, 3.63) is 41.6 Å². The quantitative estimate of drug-likeness (QED) is 0.739.